The van der Waals surface area contributed by atoms with E-state index < -0.39 is 35.1 Å². The zero-order valence-electron chi connectivity index (χ0n) is 12.8. The topological polar surface area (TPSA) is 138 Å². The van der Waals surface area contributed by atoms with Crippen LogP contribution in [0.5, 0.6) is 0 Å². The first-order chi connectivity index (χ1) is 11.3. The molecule has 0 spiro atoms. The van der Waals surface area contributed by atoms with Gasteiger partial charge in [0.2, 0.25) is 0 Å². The maximum absolute atomic E-state index is 11.9. The van der Waals surface area contributed by atoms with E-state index in [4.69, 9.17) is 14.9 Å². The minimum absolute atomic E-state index is 0.0279. The zero-order chi connectivity index (χ0) is 17.9. The number of carbonyl (C=O) groups excluding carboxylic acids is 3. The van der Waals surface area contributed by atoms with Crippen molar-refractivity contribution >= 4 is 29.5 Å². The lowest BCUT2D eigenvalue weighted by molar-refractivity contribution is -0.176. The van der Waals surface area contributed by atoms with Crippen molar-refractivity contribution in [1.29, 1.82) is 0 Å². The van der Waals surface area contributed by atoms with Crippen LogP contribution < -0.4 is 0 Å². The van der Waals surface area contributed by atoms with Gasteiger partial charge in [0, 0.05) is 24.5 Å². The van der Waals surface area contributed by atoms with Crippen LogP contribution in [0.25, 0.3) is 0 Å². The highest BCUT2D eigenvalue weighted by Crippen LogP contribution is 2.47. The van der Waals surface area contributed by atoms with Gasteiger partial charge in [-0.3, -0.25) is 28.9 Å². The molecule has 2 aliphatic rings. The summed E-state index contributed by atoms with van der Waals surface area (Å²) in [6.07, 6.45) is 1.94. The monoisotopic (exact) mass is 339 g/mol. The van der Waals surface area contributed by atoms with Crippen molar-refractivity contribution in [2.24, 2.45) is 11.3 Å². The number of nitrogens with zero attached hydrogens (tertiary/aromatic N) is 1. The Bertz CT molecular complexity index is 583. The van der Waals surface area contributed by atoms with Gasteiger partial charge in [-0.05, 0) is 12.8 Å². The number of carboxylic acids is 2. The summed E-state index contributed by atoms with van der Waals surface area (Å²) in [6.45, 7) is 0.237. The molecule has 2 N–H and O–H groups in total. The molecule has 9 nitrogen and oxygen atoms in total. The maximum Gasteiger partial charge on any atom is 0.321 e. The molecule has 0 aromatic heterocycles. The van der Waals surface area contributed by atoms with Crippen LogP contribution in [-0.2, 0) is 28.7 Å². The largest absolute Gasteiger partial charge is 0.480 e. The summed E-state index contributed by atoms with van der Waals surface area (Å²) in [7, 11) is 0. The number of Topliss-reactive ketones (excluding diaryl/α,β-unsaturated/α-hetero) is 1. The number of amides is 2. The van der Waals surface area contributed by atoms with Gasteiger partial charge >= 0.3 is 11.9 Å². The third-order valence-electron chi connectivity index (χ3n) is 4.32. The van der Waals surface area contributed by atoms with Crippen LogP contribution in [0.1, 0.15) is 19.3 Å². The summed E-state index contributed by atoms with van der Waals surface area (Å²) in [5.74, 6) is -4.51. The second kappa shape index (κ2) is 6.91. The van der Waals surface area contributed by atoms with Crippen molar-refractivity contribution in [3.63, 3.8) is 0 Å². The van der Waals surface area contributed by atoms with E-state index in [1.165, 1.54) is 12.2 Å². The van der Waals surface area contributed by atoms with Crippen molar-refractivity contribution in [1.82, 2.24) is 4.90 Å². The van der Waals surface area contributed by atoms with Gasteiger partial charge in [0.15, 0.2) is 5.41 Å². The fraction of sp³-hybridized carbons (Fsp3) is 0.533. The van der Waals surface area contributed by atoms with Crippen LogP contribution in [0.3, 0.4) is 0 Å². The Morgan fingerprint density at radius 2 is 1.62 bits per heavy atom. The van der Waals surface area contributed by atoms with Crippen LogP contribution in [-0.4, -0.2) is 64.4 Å². The molecular weight excluding hydrogens is 322 g/mol. The van der Waals surface area contributed by atoms with E-state index in [-0.39, 0.29) is 44.8 Å². The summed E-state index contributed by atoms with van der Waals surface area (Å²) in [5, 5.41) is 17.9. The highest BCUT2D eigenvalue weighted by atomic mass is 16.5. The summed E-state index contributed by atoms with van der Waals surface area (Å²) in [6, 6.07) is 0. The van der Waals surface area contributed by atoms with Crippen molar-refractivity contribution in [3.05, 3.63) is 12.2 Å². The SMILES string of the molecule is O=C(CCOCCN1C(=O)C=CC1=O)C1CC(C(=O)O)(C(=O)O)C1. The molecule has 0 aromatic carbocycles. The Morgan fingerprint density at radius 3 is 2.12 bits per heavy atom. The molecule has 0 unspecified atom stereocenters. The van der Waals surface area contributed by atoms with Crippen molar-refractivity contribution < 1.29 is 38.9 Å². The number of hydrogen-bond donors (Lipinski definition) is 2. The van der Waals surface area contributed by atoms with E-state index in [9.17, 15) is 24.0 Å². The first-order valence-electron chi connectivity index (χ1n) is 7.39. The molecule has 1 fully saturated rings. The van der Waals surface area contributed by atoms with Gasteiger partial charge in [0.1, 0.15) is 5.78 Å². The van der Waals surface area contributed by atoms with Crippen LogP contribution in [0.15, 0.2) is 12.2 Å². The second-order valence-corrected chi connectivity index (χ2v) is 5.79. The highest BCUT2D eigenvalue weighted by Gasteiger charge is 2.58. The number of aliphatic carboxylic acids is 2. The Hall–Kier alpha value is -2.55. The summed E-state index contributed by atoms with van der Waals surface area (Å²) in [4.78, 5) is 57.5. The molecule has 9 heteroatoms. The Labute approximate surface area is 136 Å². The van der Waals surface area contributed by atoms with E-state index in [0.717, 1.165) is 4.90 Å². The van der Waals surface area contributed by atoms with E-state index in [1.54, 1.807) is 0 Å². The third kappa shape index (κ3) is 3.35. The molecule has 0 saturated heterocycles. The predicted octanol–water partition coefficient (Wildman–Crippen LogP) is -0.547. The van der Waals surface area contributed by atoms with Crippen LogP contribution in [0.2, 0.25) is 0 Å². The quantitative estimate of drug-likeness (QED) is 0.324. The van der Waals surface area contributed by atoms with Gasteiger partial charge in [-0.15, -0.1) is 0 Å². The smallest absolute Gasteiger partial charge is 0.321 e. The summed E-state index contributed by atoms with van der Waals surface area (Å²) >= 11 is 0. The van der Waals surface area contributed by atoms with E-state index in [0.29, 0.717) is 0 Å². The average Bonchev–Trinajstić information content (AvgIpc) is 2.76. The lowest BCUT2D eigenvalue weighted by atomic mass is 9.60. The zero-order valence-corrected chi connectivity index (χ0v) is 12.8. The molecule has 1 aliphatic carbocycles. The summed E-state index contributed by atoms with van der Waals surface area (Å²) in [5.41, 5.74) is -1.86. The number of carbonyl (C=O) groups is 5. The van der Waals surface area contributed by atoms with Crippen LogP contribution >= 0.6 is 0 Å². The molecule has 1 aliphatic heterocycles. The molecule has 0 atom stereocenters. The highest BCUT2D eigenvalue weighted by molar-refractivity contribution is 6.12. The van der Waals surface area contributed by atoms with Gasteiger partial charge < -0.3 is 14.9 Å². The third-order valence-corrected chi connectivity index (χ3v) is 4.32. The fourth-order valence-electron chi connectivity index (χ4n) is 2.74. The Balaban J connectivity index is 1.65. The van der Waals surface area contributed by atoms with Crippen molar-refractivity contribution in [2.75, 3.05) is 19.8 Å². The fourth-order valence-corrected chi connectivity index (χ4v) is 2.74. The molecule has 130 valence electrons. The lowest BCUT2D eigenvalue weighted by Crippen LogP contribution is -2.52. The molecule has 24 heavy (non-hydrogen) atoms. The number of rotatable bonds is 9. The number of carboxylic acid groups (broad SMARTS) is 2. The normalized spacial score (nSPS) is 19.4. The number of ether oxygens (including phenoxy) is 1. The molecule has 0 aromatic rings. The standard InChI is InChI=1S/C15H17NO8/c17-10(9-7-15(8-9,13(20)21)14(22)23)3-5-24-6-4-16-11(18)1-2-12(16)19/h1-2,9H,3-8H2,(H,20,21)(H,22,23). The van der Waals surface area contributed by atoms with Crippen LogP contribution in [0, 0.1) is 11.3 Å². The maximum atomic E-state index is 11.9. The van der Waals surface area contributed by atoms with Crippen molar-refractivity contribution in [2.45, 2.75) is 19.3 Å². The molecular formula is C15H17NO8. The van der Waals surface area contributed by atoms with E-state index in [1.807, 2.05) is 0 Å². The molecule has 2 amide bonds. The van der Waals surface area contributed by atoms with Crippen LogP contribution in [0.4, 0.5) is 0 Å². The van der Waals surface area contributed by atoms with Gasteiger partial charge in [-0.2, -0.15) is 0 Å². The van der Waals surface area contributed by atoms with E-state index in [2.05, 4.69) is 0 Å². The summed E-state index contributed by atoms with van der Waals surface area (Å²) < 4.78 is 5.20. The first kappa shape index (κ1) is 17.8. The molecule has 1 heterocycles. The van der Waals surface area contributed by atoms with Gasteiger partial charge in [-0.25, -0.2) is 0 Å². The van der Waals surface area contributed by atoms with Gasteiger partial charge in [0.05, 0.1) is 19.8 Å². The molecule has 2 rings (SSSR count). The van der Waals surface area contributed by atoms with Gasteiger partial charge in [0.25, 0.3) is 11.8 Å². The molecule has 0 radical (unpaired) electrons. The lowest BCUT2D eigenvalue weighted by Gasteiger charge is -2.39. The second-order valence-electron chi connectivity index (χ2n) is 5.79. The number of ketones is 1. The minimum Gasteiger partial charge on any atom is -0.480 e. The minimum atomic E-state index is -1.86. The predicted molar refractivity (Wildman–Crippen MR) is 76.7 cm³/mol. The van der Waals surface area contributed by atoms with Gasteiger partial charge in [-0.1, -0.05) is 0 Å². The molecule has 1 saturated carbocycles. The average molecular weight is 339 g/mol. The van der Waals surface area contributed by atoms with Crippen molar-refractivity contribution in [3.8, 4) is 0 Å². The number of imide groups is 1. The number of hydrogen-bond acceptors (Lipinski definition) is 6. The molecule has 0 bridgehead atoms. The first-order valence-corrected chi connectivity index (χ1v) is 7.39. The van der Waals surface area contributed by atoms with E-state index >= 15 is 0 Å². The Morgan fingerprint density at radius 1 is 1.08 bits per heavy atom. The Kier molecular flexibility index (Phi) is 5.13.